The molecule has 2 heterocycles. The second kappa shape index (κ2) is 5.57. The number of anilines is 1. The molecule has 21 heavy (non-hydrogen) atoms. The minimum Gasteiger partial charge on any atom is -0.381 e. The fraction of sp³-hybridized carbons (Fsp3) is 0.214. The minimum absolute atomic E-state index is 0.122. The van der Waals surface area contributed by atoms with Crippen LogP contribution in [0.2, 0.25) is 5.02 Å². The largest absolute Gasteiger partial charge is 0.381 e. The first-order chi connectivity index (χ1) is 10.2. The molecule has 0 aliphatic carbocycles. The SMILES string of the molecule is Cc1nc2ccccc2n1CCNc1cn[nH]c(=O)c1Cl. The molecule has 0 amide bonds. The van der Waals surface area contributed by atoms with Crippen LogP contribution in [0.1, 0.15) is 5.82 Å². The maximum absolute atomic E-state index is 11.4. The maximum Gasteiger partial charge on any atom is 0.285 e. The van der Waals surface area contributed by atoms with Gasteiger partial charge in [-0.25, -0.2) is 10.1 Å². The molecule has 0 saturated heterocycles. The van der Waals surface area contributed by atoms with Gasteiger partial charge in [0, 0.05) is 13.1 Å². The maximum atomic E-state index is 11.4. The first-order valence-electron chi connectivity index (χ1n) is 6.56. The Kier molecular flexibility index (Phi) is 3.62. The van der Waals surface area contributed by atoms with Gasteiger partial charge in [0.1, 0.15) is 10.8 Å². The molecule has 0 aliphatic heterocycles. The number of hydrogen-bond acceptors (Lipinski definition) is 4. The Hall–Kier alpha value is -2.34. The van der Waals surface area contributed by atoms with Crippen LogP contribution in [-0.4, -0.2) is 26.3 Å². The highest BCUT2D eigenvalue weighted by molar-refractivity contribution is 6.32. The molecule has 0 fully saturated rings. The fourth-order valence-corrected chi connectivity index (χ4v) is 2.45. The summed E-state index contributed by atoms with van der Waals surface area (Å²) in [6.45, 7) is 3.31. The molecule has 0 radical (unpaired) electrons. The van der Waals surface area contributed by atoms with Gasteiger partial charge in [-0.2, -0.15) is 5.10 Å². The quantitative estimate of drug-likeness (QED) is 0.774. The van der Waals surface area contributed by atoms with Crippen LogP contribution in [-0.2, 0) is 6.54 Å². The predicted octanol–water partition coefficient (Wildman–Crippen LogP) is 2.19. The van der Waals surface area contributed by atoms with E-state index in [1.54, 1.807) is 0 Å². The smallest absolute Gasteiger partial charge is 0.285 e. The van der Waals surface area contributed by atoms with Crippen LogP contribution >= 0.6 is 11.6 Å². The summed E-state index contributed by atoms with van der Waals surface area (Å²) in [6, 6.07) is 7.99. The van der Waals surface area contributed by atoms with Crippen LogP contribution in [0.4, 0.5) is 5.69 Å². The van der Waals surface area contributed by atoms with Crippen LogP contribution in [0.15, 0.2) is 35.3 Å². The number of nitrogens with zero attached hydrogens (tertiary/aromatic N) is 3. The average Bonchev–Trinajstić information content (AvgIpc) is 2.80. The summed E-state index contributed by atoms with van der Waals surface area (Å²) in [4.78, 5) is 15.9. The normalized spacial score (nSPS) is 11.0. The van der Waals surface area contributed by atoms with Crippen LogP contribution < -0.4 is 10.9 Å². The standard InChI is InChI=1S/C14H14ClN5O/c1-9-18-10-4-2-3-5-12(10)20(9)7-6-16-11-8-17-19-14(21)13(11)15/h2-5,8H,6-7H2,1H3,(H2,16,19,21). The lowest BCUT2D eigenvalue weighted by Crippen LogP contribution is -2.15. The Morgan fingerprint density at radius 2 is 2.19 bits per heavy atom. The van der Waals surface area contributed by atoms with E-state index in [2.05, 4.69) is 25.1 Å². The van der Waals surface area contributed by atoms with Crippen molar-refractivity contribution in [2.75, 3.05) is 11.9 Å². The zero-order valence-electron chi connectivity index (χ0n) is 11.4. The number of rotatable bonds is 4. The van der Waals surface area contributed by atoms with Crippen LogP contribution in [0, 0.1) is 6.92 Å². The zero-order valence-corrected chi connectivity index (χ0v) is 12.2. The second-order valence-electron chi connectivity index (χ2n) is 4.65. The third kappa shape index (κ3) is 2.62. The molecule has 0 aliphatic rings. The van der Waals surface area contributed by atoms with Crippen molar-refractivity contribution in [1.82, 2.24) is 19.7 Å². The summed E-state index contributed by atoms with van der Waals surface area (Å²) >= 11 is 5.91. The highest BCUT2D eigenvalue weighted by Crippen LogP contribution is 2.16. The van der Waals surface area contributed by atoms with Crippen molar-refractivity contribution in [3.63, 3.8) is 0 Å². The number of aryl methyl sites for hydroxylation is 1. The van der Waals surface area contributed by atoms with Gasteiger partial charge in [0.25, 0.3) is 5.56 Å². The van der Waals surface area contributed by atoms with Gasteiger partial charge in [0.15, 0.2) is 0 Å². The van der Waals surface area contributed by atoms with E-state index in [0.29, 0.717) is 12.2 Å². The van der Waals surface area contributed by atoms with E-state index in [1.807, 2.05) is 31.2 Å². The highest BCUT2D eigenvalue weighted by atomic mass is 35.5. The first kappa shape index (κ1) is 13.6. The lowest BCUT2D eigenvalue weighted by atomic mass is 10.3. The van der Waals surface area contributed by atoms with Crippen molar-refractivity contribution in [2.24, 2.45) is 0 Å². The van der Waals surface area contributed by atoms with Crippen LogP contribution in [0.25, 0.3) is 11.0 Å². The van der Waals surface area contributed by atoms with Gasteiger partial charge in [-0.1, -0.05) is 23.7 Å². The van der Waals surface area contributed by atoms with Gasteiger partial charge >= 0.3 is 0 Å². The summed E-state index contributed by atoms with van der Waals surface area (Å²) in [7, 11) is 0. The van der Waals surface area contributed by atoms with Crippen molar-refractivity contribution in [3.8, 4) is 0 Å². The fourth-order valence-electron chi connectivity index (χ4n) is 2.29. The molecule has 0 spiro atoms. The molecule has 108 valence electrons. The van der Waals surface area contributed by atoms with E-state index in [4.69, 9.17) is 11.6 Å². The van der Waals surface area contributed by atoms with E-state index in [9.17, 15) is 4.79 Å². The zero-order chi connectivity index (χ0) is 14.8. The lowest BCUT2D eigenvalue weighted by Gasteiger charge is -2.09. The number of nitrogens with one attached hydrogen (secondary N) is 2. The number of H-pyrrole nitrogens is 1. The van der Waals surface area contributed by atoms with Gasteiger partial charge in [-0.05, 0) is 19.1 Å². The summed E-state index contributed by atoms with van der Waals surface area (Å²) < 4.78 is 2.12. The average molecular weight is 304 g/mol. The number of halogens is 1. The number of hydrogen-bond donors (Lipinski definition) is 2. The van der Waals surface area contributed by atoms with E-state index in [1.165, 1.54) is 6.20 Å². The van der Waals surface area contributed by atoms with Gasteiger partial charge in [0.05, 0.1) is 22.9 Å². The van der Waals surface area contributed by atoms with Gasteiger partial charge in [-0.3, -0.25) is 4.79 Å². The molecule has 0 atom stereocenters. The molecular formula is C14H14ClN5O. The minimum atomic E-state index is -0.397. The van der Waals surface area contributed by atoms with Crippen molar-refractivity contribution in [2.45, 2.75) is 13.5 Å². The number of para-hydroxylation sites is 2. The van der Waals surface area contributed by atoms with Crippen LogP contribution in [0.3, 0.4) is 0 Å². The molecule has 3 aromatic rings. The number of fused-ring (bicyclic) bond motifs is 1. The Labute approximate surface area is 125 Å². The van der Waals surface area contributed by atoms with Gasteiger partial charge < -0.3 is 9.88 Å². The Bertz CT molecular complexity index is 839. The highest BCUT2D eigenvalue weighted by Gasteiger charge is 2.07. The Morgan fingerprint density at radius 3 is 3.05 bits per heavy atom. The second-order valence-corrected chi connectivity index (χ2v) is 5.03. The molecule has 1 aromatic carbocycles. The lowest BCUT2D eigenvalue weighted by molar-refractivity contribution is 0.721. The summed E-state index contributed by atoms with van der Waals surface area (Å²) in [5.41, 5.74) is 2.20. The molecule has 2 N–H and O–H groups in total. The van der Waals surface area contributed by atoms with Crippen molar-refractivity contribution >= 4 is 28.3 Å². The Balaban J connectivity index is 1.77. The van der Waals surface area contributed by atoms with Crippen molar-refractivity contribution < 1.29 is 0 Å². The molecular weight excluding hydrogens is 290 g/mol. The molecule has 0 saturated carbocycles. The molecule has 0 bridgehead atoms. The monoisotopic (exact) mass is 303 g/mol. The number of aromatic amines is 1. The topological polar surface area (TPSA) is 75.6 Å². The van der Waals surface area contributed by atoms with E-state index in [-0.39, 0.29) is 5.02 Å². The van der Waals surface area contributed by atoms with E-state index in [0.717, 1.165) is 23.4 Å². The molecule has 6 nitrogen and oxygen atoms in total. The third-order valence-electron chi connectivity index (χ3n) is 3.29. The summed E-state index contributed by atoms with van der Waals surface area (Å²) in [5, 5.41) is 9.25. The third-order valence-corrected chi connectivity index (χ3v) is 3.67. The van der Waals surface area contributed by atoms with E-state index >= 15 is 0 Å². The number of benzene rings is 1. The van der Waals surface area contributed by atoms with Gasteiger partial charge in [-0.15, -0.1) is 0 Å². The Morgan fingerprint density at radius 1 is 1.38 bits per heavy atom. The predicted molar refractivity (Wildman–Crippen MR) is 82.8 cm³/mol. The molecule has 0 unspecified atom stereocenters. The van der Waals surface area contributed by atoms with Gasteiger partial charge in [0.2, 0.25) is 0 Å². The summed E-state index contributed by atoms with van der Waals surface area (Å²) in [6.07, 6.45) is 1.50. The van der Waals surface area contributed by atoms with Crippen LogP contribution in [0.5, 0.6) is 0 Å². The first-order valence-corrected chi connectivity index (χ1v) is 6.93. The number of aromatic nitrogens is 4. The number of imidazole rings is 1. The molecule has 7 heteroatoms. The molecule has 2 aromatic heterocycles. The van der Waals surface area contributed by atoms with Crippen molar-refractivity contribution in [1.29, 1.82) is 0 Å². The van der Waals surface area contributed by atoms with E-state index < -0.39 is 5.56 Å². The van der Waals surface area contributed by atoms with Crippen molar-refractivity contribution in [3.05, 3.63) is 51.7 Å². The molecule has 3 rings (SSSR count). The summed E-state index contributed by atoms with van der Waals surface area (Å²) in [5.74, 6) is 0.952.